The van der Waals surface area contributed by atoms with Gasteiger partial charge in [0.2, 0.25) is 5.91 Å². The van der Waals surface area contributed by atoms with Gasteiger partial charge in [0, 0.05) is 39.1 Å². The molecule has 2 heterocycles. The molecule has 0 aliphatic carbocycles. The molecule has 2 aliphatic heterocycles. The van der Waals surface area contributed by atoms with Crippen LogP contribution in [-0.4, -0.2) is 74.7 Å². The molecule has 2 fully saturated rings. The Bertz CT molecular complexity index is 329. The van der Waals surface area contributed by atoms with Crippen molar-refractivity contribution in [3.8, 4) is 0 Å². The Morgan fingerprint density at radius 2 is 2.11 bits per heavy atom. The van der Waals surface area contributed by atoms with E-state index in [4.69, 9.17) is 9.47 Å². The average molecular weight is 270 g/mol. The molecule has 0 N–H and O–H groups in total. The van der Waals surface area contributed by atoms with Crippen LogP contribution >= 0.6 is 0 Å². The van der Waals surface area contributed by atoms with Gasteiger partial charge in [-0.15, -0.1) is 0 Å². The summed E-state index contributed by atoms with van der Waals surface area (Å²) in [5, 5.41) is 0. The van der Waals surface area contributed by atoms with E-state index in [0.29, 0.717) is 13.0 Å². The zero-order chi connectivity index (χ0) is 13.7. The van der Waals surface area contributed by atoms with Crippen LogP contribution in [0.2, 0.25) is 0 Å². The fourth-order valence-electron chi connectivity index (χ4n) is 2.62. The second-order valence-corrected chi connectivity index (χ2v) is 5.07. The molecule has 1 atom stereocenters. The maximum absolute atomic E-state index is 11.8. The van der Waals surface area contributed by atoms with Crippen molar-refractivity contribution < 1.29 is 19.1 Å². The molecule has 6 nitrogen and oxygen atoms in total. The fraction of sp³-hybridized carbons (Fsp3) is 0.846. The third-order valence-electron chi connectivity index (χ3n) is 3.76. The van der Waals surface area contributed by atoms with Crippen molar-refractivity contribution in [2.45, 2.75) is 12.8 Å². The Hall–Kier alpha value is -1.14. The summed E-state index contributed by atoms with van der Waals surface area (Å²) < 4.78 is 9.98. The molecule has 2 saturated heterocycles. The molecule has 0 saturated carbocycles. The Labute approximate surface area is 113 Å². The summed E-state index contributed by atoms with van der Waals surface area (Å²) in [5.74, 6) is -0.484. The Morgan fingerprint density at radius 3 is 2.79 bits per heavy atom. The molecule has 2 aliphatic rings. The lowest BCUT2D eigenvalue weighted by atomic mass is 10.1. The van der Waals surface area contributed by atoms with Gasteiger partial charge < -0.3 is 14.4 Å². The SMILES string of the molecule is COC(=O)[C@@H]1CC(=O)N(CCCN2CCOCC2)C1. The highest BCUT2D eigenvalue weighted by Crippen LogP contribution is 2.19. The summed E-state index contributed by atoms with van der Waals surface area (Å²) in [6.07, 6.45) is 1.24. The third kappa shape index (κ3) is 3.91. The van der Waals surface area contributed by atoms with Gasteiger partial charge in [-0.05, 0) is 6.42 Å². The minimum Gasteiger partial charge on any atom is -0.469 e. The maximum atomic E-state index is 11.8. The first-order valence-corrected chi connectivity index (χ1v) is 6.86. The monoisotopic (exact) mass is 270 g/mol. The van der Waals surface area contributed by atoms with Crippen LogP contribution < -0.4 is 0 Å². The van der Waals surface area contributed by atoms with Crippen LogP contribution in [0.1, 0.15) is 12.8 Å². The molecule has 19 heavy (non-hydrogen) atoms. The Morgan fingerprint density at radius 1 is 1.37 bits per heavy atom. The number of rotatable bonds is 5. The summed E-state index contributed by atoms with van der Waals surface area (Å²) in [4.78, 5) is 27.3. The lowest BCUT2D eigenvalue weighted by Gasteiger charge is -2.27. The number of hydrogen-bond acceptors (Lipinski definition) is 5. The van der Waals surface area contributed by atoms with Crippen LogP contribution in [-0.2, 0) is 19.1 Å². The number of amides is 1. The highest BCUT2D eigenvalue weighted by Gasteiger charge is 2.34. The molecule has 0 bridgehead atoms. The van der Waals surface area contributed by atoms with Crippen LogP contribution in [0.3, 0.4) is 0 Å². The molecule has 6 heteroatoms. The molecule has 108 valence electrons. The average Bonchev–Trinajstić information content (AvgIpc) is 2.81. The lowest BCUT2D eigenvalue weighted by molar-refractivity contribution is -0.145. The highest BCUT2D eigenvalue weighted by atomic mass is 16.5. The van der Waals surface area contributed by atoms with Gasteiger partial charge in [0.1, 0.15) is 0 Å². The van der Waals surface area contributed by atoms with E-state index in [1.807, 2.05) is 0 Å². The zero-order valence-corrected chi connectivity index (χ0v) is 11.5. The number of methoxy groups -OCH3 is 1. The summed E-state index contributed by atoms with van der Waals surface area (Å²) in [6, 6.07) is 0. The molecule has 0 spiro atoms. The molecule has 0 unspecified atom stereocenters. The predicted octanol–water partition coefficient (Wildman–Crippen LogP) is -0.270. The van der Waals surface area contributed by atoms with Crippen molar-refractivity contribution in [2.24, 2.45) is 5.92 Å². The molecule has 2 rings (SSSR count). The quantitative estimate of drug-likeness (QED) is 0.644. The number of nitrogens with zero attached hydrogens (tertiary/aromatic N) is 2. The van der Waals surface area contributed by atoms with Gasteiger partial charge in [-0.2, -0.15) is 0 Å². The largest absolute Gasteiger partial charge is 0.469 e. The van der Waals surface area contributed by atoms with Crippen LogP contribution in [0.4, 0.5) is 0 Å². The van der Waals surface area contributed by atoms with Gasteiger partial charge in [0.25, 0.3) is 0 Å². The minimum atomic E-state index is -0.277. The normalized spacial score (nSPS) is 24.8. The van der Waals surface area contributed by atoms with E-state index in [9.17, 15) is 9.59 Å². The number of ether oxygens (including phenoxy) is 2. The third-order valence-corrected chi connectivity index (χ3v) is 3.76. The first-order chi connectivity index (χ1) is 9.20. The van der Waals surface area contributed by atoms with Crippen molar-refractivity contribution in [1.29, 1.82) is 0 Å². The molecule has 1 amide bonds. The number of likely N-dealkylation sites (tertiary alicyclic amines) is 1. The second kappa shape index (κ2) is 6.86. The van der Waals surface area contributed by atoms with E-state index >= 15 is 0 Å². The van der Waals surface area contributed by atoms with Gasteiger partial charge in [-0.25, -0.2) is 0 Å². The number of hydrogen-bond donors (Lipinski definition) is 0. The van der Waals surface area contributed by atoms with E-state index in [-0.39, 0.29) is 17.8 Å². The van der Waals surface area contributed by atoms with Crippen LogP contribution in [0.25, 0.3) is 0 Å². The molecular weight excluding hydrogens is 248 g/mol. The van der Waals surface area contributed by atoms with Crippen molar-refractivity contribution in [2.75, 3.05) is 53.0 Å². The maximum Gasteiger partial charge on any atom is 0.310 e. The van der Waals surface area contributed by atoms with E-state index in [0.717, 1.165) is 45.8 Å². The Balaban J connectivity index is 1.68. The minimum absolute atomic E-state index is 0.0670. The lowest BCUT2D eigenvalue weighted by Crippen LogP contribution is -2.38. The number of morpholine rings is 1. The predicted molar refractivity (Wildman–Crippen MR) is 68.6 cm³/mol. The fourth-order valence-corrected chi connectivity index (χ4v) is 2.62. The van der Waals surface area contributed by atoms with E-state index < -0.39 is 0 Å². The topological polar surface area (TPSA) is 59.1 Å². The Kier molecular flexibility index (Phi) is 5.15. The van der Waals surface area contributed by atoms with Crippen molar-refractivity contribution in [3.63, 3.8) is 0 Å². The number of carbonyl (C=O) groups is 2. The first kappa shape index (κ1) is 14.3. The molecule has 0 aromatic carbocycles. The van der Waals surface area contributed by atoms with Crippen LogP contribution in [0.15, 0.2) is 0 Å². The van der Waals surface area contributed by atoms with Gasteiger partial charge in [0.15, 0.2) is 0 Å². The van der Waals surface area contributed by atoms with Crippen molar-refractivity contribution in [1.82, 2.24) is 9.80 Å². The summed E-state index contributed by atoms with van der Waals surface area (Å²) >= 11 is 0. The molecular formula is C13H22N2O4. The van der Waals surface area contributed by atoms with Gasteiger partial charge >= 0.3 is 5.97 Å². The van der Waals surface area contributed by atoms with Crippen LogP contribution in [0, 0.1) is 5.92 Å². The summed E-state index contributed by atoms with van der Waals surface area (Å²) in [7, 11) is 1.37. The standard InChI is InChI=1S/C13H22N2O4/c1-18-13(17)11-9-12(16)15(10-11)4-2-3-14-5-7-19-8-6-14/h11H,2-10H2,1H3/t11-/m1/s1. The van der Waals surface area contributed by atoms with Crippen molar-refractivity contribution >= 4 is 11.9 Å². The smallest absolute Gasteiger partial charge is 0.310 e. The van der Waals surface area contributed by atoms with Crippen molar-refractivity contribution in [3.05, 3.63) is 0 Å². The molecule has 0 aromatic rings. The zero-order valence-electron chi connectivity index (χ0n) is 11.5. The summed E-state index contributed by atoms with van der Waals surface area (Å²) in [6.45, 7) is 5.76. The first-order valence-electron chi connectivity index (χ1n) is 6.86. The number of carbonyl (C=O) groups excluding carboxylic acids is 2. The highest BCUT2D eigenvalue weighted by molar-refractivity contribution is 5.86. The number of esters is 1. The van der Waals surface area contributed by atoms with E-state index in [1.165, 1.54) is 7.11 Å². The second-order valence-electron chi connectivity index (χ2n) is 5.07. The molecule has 0 aromatic heterocycles. The van der Waals surface area contributed by atoms with Gasteiger partial charge in [-0.3, -0.25) is 14.5 Å². The van der Waals surface area contributed by atoms with Gasteiger partial charge in [-0.1, -0.05) is 0 Å². The van der Waals surface area contributed by atoms with Crippen LogP contribution in [0.5, 0.6) is 0 Å². The van der Waals surface area contributed by atoms with Gasteiger partial charge in [0.05, 0.1) is 26.2 Å². The van der Waals surface area contributed by atoms with E-state index in [1.54, 1.807) is 4.90 Å². The van der Waals surface area contributed by atoms with E-state index in [2.05, 4.69) is 4.90 Å². The molecule has 0 radical (unpaired) electrons. The summed E-state index contributed by atoms with van der Waals surface area (Å²) in [5.41, 5.74) is 0.